The van der Waals surface area contributed by atoms with Gasteiger partial charge in [0.25, 0.3) is 0 Å². The summed E-state index contributed by atoms with van der Waals surface area (Å²) in [5.74, 6) is 0. The SMILES string of the molecule is CCC/C(=C\c1cc(-c2c(CC)cccc2CC)ncc1C(CCC)OCC)COC. The van der Waals surface area contributed by atoms with E-state index >= 15 is 0 Å². The molecule has 1 aromatic heterocycles. The number of rotatable bonds is 13. The summed E-state index contributed by atoms with van der Waals surface area (Å²) in [7, 11) is 1.77. The van der Waals surface area contributed by atoms with Crippen LogP contribution in [-0.2, 0) is 22.3 Å². The second kappa shape index (κ2) is 13.4. The number of ether oxygens (including phenoxy) is 2. The molecule has 0 radical (unpaired) electrons. The zero-order chi connectivity index (χ0) is 22.6. The van der Waals surface area contributed by atoms with Gasteiger partial charge >= 0.3 is 0 Å². The highest BCUT2D eigenvalue weighted by Gasteiger charge is 2.18. The van der Waals surface area contributed by atoms with E-state index in [9.17, 15) is 0 Å². The number of methoxy groups -OCH3 is 1. The number of pyridine rings is 1. The van der Waals surface area contributed by atoms with Crippen molar-refractivity contribution in [2.75, 3.05) is 20.3 Å². The number of aryl methyl sites for hydroxylation is 2. The van der Waals surface area contributed by atoms with Gasteiger partial charge in [-0.2, -0.15) is 0 Å². The Balaban J connectivity index is 2.69. The molecule has 3 nitrogen and oxygen atoms in total. The zero-order valence-corrected chi connectivity index (χ0v) is 20.5. The van der Waals surface area contributed by atoms with Gasteiger partial charge < -0.3 is 9.47 Å². The second-order valence-corrected chi connectivity index (χ2v) is 8.08. The van der Waals surface area contributed by atoms with E-state index in [0.717, 1.165) is 44.2 Å². The van der Waals surface area contributed by atoms with E-state index in [4.69, 9.17) is 14.5 Å². The Kier molecular flexibility index (Phi) is 11.0. The highest BCUT2D eigenvalue weighted by molar-refractivity contribution is 5.72. The topological polar surface area (TPSA) is 31.4 Å². The van der Waals surface area contributed by atoms with Crippen LogP contribution in [-0.4, -0.2) is 25.3 Å². The maximum atomic E-state index is 6.15. The largest absolute Gasteiger partial charge is 0.380 e. The van der Waals surface area contributed by atoms with Crippen molar-refractivity contribution in [2.45, 2.75) is 79.2 Å². The van der Waals surface area contributed by atoms with Crippen LogP contribution < -0.4 is 0 Å². The second-order valence-electron chi connectivity index (χ2n) is 8.08. The number of benzene rings is 1. The molecule has 1 heterocycles. The molecule has 0 N–H and O–H groups in total. The Morgan fingerprint density at radius 3 is 2.29 bits per heavy atom. The summed E-state index contributed by atoms with van der Waals surface area (Å²) >= 11 is 0. The van der Waals surface area contributed by atoms with Crippen molar-refractivity contribution in [1.82, 2.24) is 4.98 Å². The molecular weight excluding hydrogens is 382 g/mol. The van der Waals surface area contributed by atoms with Gasteiger partial charge in [0.15, 0.2) is 0 Å². The summed E-state index contributed by atoms with van der Waals surface area (Å²) < 4.78 is 11.6. The van der Waals surface area contributed by atoms with Crippen LogP contribution in [0.4, 0.5) is 0 Å². The minimum Gasteiger partial charge on any atom is -0.380 e. The molecule has 1 aromatic carbocycles. The molecule has 2 rings (SSSR count). The third-order valence-electron chi connectivity index (χ3n) is 5.75. The summed E-state index contributed by atoms with van der Waals surface area (Å²) in [5.41, 5.74) is 8.78. The molecule has 0 fully saturated rings. The summed E-state index contributed by atoms with van der Waals surface area (Å²) in [6, 6.07) is 8.90. The lowest BCUT2D eigenvalue weighted by atomic mass is 9.92. The van der Waals surface area contributed by atoms with Crippen molar-refractivity contribution in [3.8, 4) is 11.3 Å². The lowest BCUT2D eigenvalue weighted by molar-refractivity contribution is 0.0553. The monoisotopic (exact) mass is 423 g/mol. The van der Waals surface area contributed by atoms with Crippen LogP contribution in [0.2, 0.25) is 0 Å². The first-order valence-corrected chi connectivity index (χ1v) is 12.0. The first kappa shape index (κ1) is 25.3. The predicted octanol–water partition coefficient (Wildman–Crippen LogP) is 7.58. The van der Waals surface area contributed by atoms with Crippen molar-refractivity contribution in [3.63, 3.8) is 0 Å². The van der Waals surface area contributed by atoms with Crippen LogP contribution in [0.25, 0.3) is 17.3 Å². The molecule has 3 heteroatoms. The molecule has 0 spiro atoms. The Morgan fingerprint density at radius 2 is 1.74 bits per heavy atom. The molecule has 0 saturated carbocycles. The van der Waals surface area contributed by atoms with Crippen LogP contribution in [0.3, 0.4) is 0 Å². The van der Waals surface area contributed by atoms with Gasteiger partial charge in [-0.25, -0.2) is 0 Å². The molecule has 31 heavy (non-hydrogen) atoms. The summed E-state index contributed by atoms with van der Waals surface area (Å²) in [4.78, 5) is 4.97. The maximum Gasteiger partial charge on any atom is 0.0845 e. The minimum atomic E-state index is 0.0697. The molecule has 0 saturated heterocycles. The minimum absolute atomic E-state index is 0.0697. The van der Waals surface area contributed by atoms with Crippen LogP contribution >= 0.6 is 0 Å². The fourth-order valence-electron chi connectivity index (χ4n) is 4.29. The van der Waals surface area contributed by atoms with E-state index < -0.39 is 0 Å². The molecule has 2 aromatic rings. The lowest BCUT2D eigenvalue weighted by Gasteiger charge is -2.21. The van der Waals surface area contributed by atoms with Gasteiger partial charge in [0.1, 0.15) is 0 Å². The Labute approximate surface area is 189 Å². The van der Waals surface area contributed by atoms with E-state index in [2.05, 4.69) is 71.2 Å². The smallest absolute Gasteiger partial charge is 0.0845 e. The summed E-state index contributed by atoms with van der Waals surface area (Å²) in [6.45, 7) is 12.3. The third kappa shape index (κ3) is 6.75. The summed E-state index contributed by atoms with van der Waals surface area (Å²) in [6.07, 6.45) is 10.6. The quantitative estimate of drug-likeness (QED) is 0.333. The van der Waals surface area contributed by atoms with E-state index in [1.807, 2.05) is 0 Å². The van der Waals surface area contributed by atoms with Crippen LogP contribution in [0, 0.1) is 0 Å². The van der Waals surface area contributed by atoms with Crippen molar-refractivity contribution < 1.29 is 9.47 Å². The average molecular weight is 424 g/mol. The van der Waals surface area contributed by atoms with Crippen LogP contribution in [0.5, 0.6) is 0 Å². The highest BCUT2D eigenvalue weighted by atomic mass is 16.5. The van der Waals surface area contributed by atoms with Crippen molar-refractivity contribution in [2.24, 2.45) is 0 Å². The third-order valence-corrected chi connectivity index (χ3v) is 5.75. The van der Waals surface area contributed by atoms with Crippen LogP contribution in [0.1, 0.15) is 88.7 Å². The van der Waals surface area contributed by atoms with Crippen molar-refractivity contribution in [3.05, 3.63) is 58.3 Å². The lowest BCUT2D eigenvalue weighted by Crippen LogP contribution is -2.08. The van der Waals surface area contributed by atoms with Gasteiger partial charge in [-0.3, -0.25) is 4.98 Å². The molecule has 0 aliphatic rings. The number of hydrogen-bond donors (Lipinski definition) is 0. The van der Waals surface area contributed by atoms with E-state index in [-0.39, 0.29) is 6.10 Å². The van der Waals surface area contributed by atoms with E-state index in [1.54, 1.807) is 7.11 Å². The number of hydrogen-bond acceptors (Lipinski definition) is 3. The first-order chi connectivity index (χ1) is 15.1. The van der Waals surface area contributed by atoms with E-state index in [1.165, 1.54) is 33.4 Å². The van der Waals surface area contributed by atoms with Gasteiger partial charge in [0.05, 0.1) is 18.4 Å². The van der Waals surface area contributed by atoms with Crippen molar-refractivity contribution in [1.29, 1.82) is 0 Å². The van der Waals surface area contributed by atoms with Gasteiger partial charge in [-0.15, -0.1) is 0 Å². The highest BCUT2D eigenvalue weighted by Crippen LogP contribution is 2.33. The van der Waals surface area contributed by atoms with Gasteiger partial charge in [0, 0.05) is 31.0 Å². The van der Waals surface area contributed by atoms with E-state index in [0.29, 0.717) is 13.2 Å². The molecule has 0 aliphatic heterocycles. The standard InChI is InChI=1S/C28H41NO2/c1-7-13-21(20-30-6)17-24-18-26(28-22(9-3)15-12-16-23(28)10-4)29-19-25(24)27(14-8-2)31-11-5/h12,15-19,27H,7-11,13-14,20H2,1-6H3/b21-17+. The molecule has 0 amide bonds. The molecule has 170 valence electrons. The first-order valence-electron chi connectivity index (χ1n) is 12.0. The fraction of sp³-hybridized carbons (Fsp3) is 0.536. The van der Waals surface area contributed by atoms with Gasteiger partial charge in [-0.1, -0.05) is 64.8 Å². The van der Waals surface area contributed by atoms with Gasteiger partial charge in [0.2, 0.25) is 0 Å². The molecular formula is C28H41NO2. The zero-order valence-electron chi connectivity index (χ0n) is 20.5. The Hall–Kier alpha value is -1.97. The average Bonchev–Trinajstić information content (AvgIpc) is 2.78. The number of nitrogens with zero attached hydrogens (tertiary/aromatic N) is 1. The molecule has 0 bridgehead atoms. The van der Waals surface area contributed by atoms with Gasteiger partial charge in [-0.05, 0) is 60.9 Å². The predicted molar refractivity (Wildman–Crippen MR) is 132 cm³/mol. The Morgan fingerprint density at radius 1 is 1.03 bits per heavy atom. The fourth-order valence-corrected chi connectivity index (χ4v) is 4.29. The van der Waals surface area contributed by atoms with Crippen LogP contribution in [0.15, 0.2) is 36.0 Å². The normalized spacial score (nSPS) is 12.9. The molecule has 0 aliphatic carbocycles. The molecule has 1 atom stereocenters. The Bertz CT molecular complexity index is 805. The summed E-state index contributed by atoms with van der Waals surface area (Å²) in [5, 5.41) is 0. The number of aromatic nitrogens is 1. The van der Waals surface area contributed by atoms with Crippen molar-refractivity contribution >= 4 is 6.08 Å². The maximum absolute atomic E-state index is 6.15. The molecule has 1 unspecified atom stereocenters.